The number of amides is 1. The third-order valence-corrected chi connectivity index (χ3v) is 6.60. The van der Waals surface area contributed by atoms with Crippen LogP contribution in [-0.4, -0.2) is 38.0 Å². The number of aromatic nitrogens is 3. The van der Waals surface area contributed by atoms with E-state index in [1.807, 2.05) is 0 Å². The van der Waals surface area contributed by atoms with Gasteiger partial charge in [0, 0.05) is 29.7 Å². The number of carbonyl (C=O) groups excluding carboxylic acids is 3. The van der Waals surface area contributed by atoms with Crippen LogP contribution in [0.5, 0.6) is 0 Å². The van der Waals surface area contributed by atoms with Crippen LogP contribution in [0.3, 0.4) is 0 Å². The lowest BCUT2D eigenvalue weighted by molar-refractivity contribution is -0.113. The molecular weight excluding hydrogens is 412 g/mol. The fraction of sp³-hybridized carbons (Fsp3) is 0.261. The highest BCUT2D eigenvalue weighted by Gasteiger charge is 2.31. The van der Waals surface area contributed by atoms with Crippen molar-refractivity contribution >= 4 is 34.9 Å². The first-order valence-corrected chi connectivity index (χ1v) is 11.3. The Morgan fingerprint density at radius 2 is 1.71 bits per heavy atom. The van der Waals surface area contributed by atoms with Crippen molar-refractivity contribution in [3.63, 3.8) is 0 Å². The number of nitrogens with one attached hydrogen (secondary N) is 1. The van der Waals surface area contributed by atoms with Crippen LogP contribution in [0.15, 0.2) is 47.6 Å². The monoisotopic (exact) mass is 432 g/mol. The van der Waals surface area contributed by atoms with Crippen molar-refractivity contribution in [1.82, 2.24) is 14.8 Å². The number of ketones is 2. The van der Waals surface area contributed by atoms with Gasteiger partial charge in [-0.15, -0.1) is 10.2 Å². The van der Waals surface area contributed by atoms with E-state index in [1.165, 1.54) is 18.2 Å². The van der Waals surface area contributed by atoms with E-state index in [-0.39, 0.29) is 28.8 Å². The zero-order chi connectivity index (χ0) is 21.4. The first kappa shape index (κ1) is 19.7. The van der Waals surface area contributed by atoms with E-state index in [2.05, 4.69) is 20.1 Å². The zero-order valence-electron chi connectivity index (χ0n) is 16.8. The summed E-state index contributed by atoms with van der Waals surface area (Å²) in [4.78, 5) is 38.6. The van der Waals surface area contributed by atoms with Gasteiger partial charge in [0.25, 0.3) is 0 Å². The third kappa shape index (κ3) is 3.57. The van der Waals surface area contributed by atoms with Crippen LogP contribution >= 0.6 is 11.8 Å². The molecule has 5 rings (SSSR count). The summed E-state index contributed by atoms with van der Waals surface area (Å²) < 4.78 is 2.09. The second kappa shape index (κ2) is 8.11. The maximum Gasteiger partial charge on any atom is 0.234 e. The molecule has 0 fully saturated rings. The molecule has 0 spiro atoms. The van der Waals surface area contributed by atoms with Crippen molar-refractivity contribution in [3.8, 4) is 0 Å². The van der Waals surface area contributed by atoms with Crippen molar-refractivity contribution in [2.75, 3.05) is 11.1 Å². The normalized spacial score (nSPS) is 15.0. The van der Waals surface area contributed by atoms with E-state index >= 15 is 0 Å². The molecule has 8 heteroatoms. The molecule has 1 aliphatic heterocycles. The number of rotatable bonds is 4. The molecule has 0 bridgehead atoms. The second-order valence-corrected chi connectivity index (χ2v) is 8.57. The number of carbonyl (C=O) groups is 3. The van der Waals surface area contributed by atoms with Gasteiger partial charge in [0.2, 0.25) is 5.91 Å². The van der Waals surface area contributed by atoms with Crippen LogP contribution in [0, 0.1) is 0 Å². The number of aryl methyl sites for hydroxylation is 1. The quantitative estimate of drug-likeness (QED) is 0.496. The smallest absolute Gasteiger partial charge is 0.234 e. The van der Waals surface area contributed by atoms with E-state index in [1.54, 1.807) is 42.5 Å². The minimum Gasteiger partial charge on any atom is -0.325 e. The molecule has 2 heterocycles. The summed E-state index contributed by atoms with van der Waals surface area (Å²) in [5.41, 5.74) is 1.68. The maximum absolute atomic E-state index is 13.1. The summed E-state index contributed by atoms with van der Waals surface area (Å²) in [5, 5.41) is 12.0. The average molecular weight is 433 g/mol. The van der Waals surface area contributed by atoms with Crippen molar-refractivity contribution < 1.29 is 14.4 Å². The van der Waals surface area contributed by atoms with Crippen molar-refractivity contribution in [2.45, 2.75) is 37.4 Å². The van der Waals surface area contributed by atoms with Crippen LogP contribution in [0.2, 0.25) is 0 Å². The molecule has 31 heavy (non-hydrogen) atoms. The maximum atomic E-state index is 13.1. The van der Waals surface area contributed by atoms with Gasteiger partial charge in [0.1, 0.15) is 5.82 Å². The summed E-state index contributed by atoms with van der Waals surface area (Å²) in [7, 11) is 0. The molecule has 3 aromatic rings. The summed E-state index contributed by atoms with van der Waals surface area (Å²) in [6.45, 7) is 0.870. The first-order chi connectivity index (χ1) is 15.1. The number of hydrogen-bond donors (Lipinski definition) is 1. The summed E-state index contributed by atoms with van der Waals surface area (Å²) in [6, 6.07) is 11.7. The van der Waals surface area contributed by atoms with Crippen molar-refractivity contribution in [2.24, 2.45) is 0 Å². The lowest BCUT2D eigenvalue weighted by Crippen LogP contribution is -2.24. The average Bonchev–Trinajstić information content (AvgIpc) is 3.01. The largest absolute Gasteiger partial charge is 0.325 e. The molecule has 0 saturated heterocycles. The topological polar surface area (TPSA) is 93.9 Å². The number of thioether (sulfide) groups is 1. The Kier molecular flexibility index (Phi) is 5.15. The minimum absolute atomic E-state index is 0.139. The number of nitrogens with zero attached hydrogens (tertiary/aromatic N) is 3. The van der Waals surface area contributed by atoms with Crippen LogP contribution in [0.4, 0.5) is 5.69 Å². The van der Waals surface area contributed by atoms with Crippen molar-refractivity contribution in [1.29, 1.82) is 0 Å². The van der Waals surface area contributed by atoms with Crippen LogP contribution in [-0.2, 0) is 17.8 Å². The Morgan fingerprint density at radius 1 is 0.935 bits per heavy atom. The fourth-order valence-electron chi connectivity index (χ4n) is 4.13. The molecule has 2 aromatic carbocycles. The second-order valence-electron chi connectivity index (χ2n) is 7.63. The first-order valence-electron chi connectivity index (χ1n) is 10.3. The van der Waals surface area contributed by atoms with Gasteiger partial charge in [-0.2, -0.15) is 0 Å². The molecule has 1 N–H and O–H groups in total. The SMILES string of the molecule is O=C(CSc1nnc2n1CCCCC2)Nc1cccc2c1C(=O)c1ccccc1C2=O. The molecule has 1 aliphatic carbocycles. The summed E-state index contributed by atoms with van der Waals surface area (Å²) >= 11 is 1.33. The Labute approximate surface area is 183 Å². The van der Waals surface area contributed by atoms with Crippen LogP contribution in [0.1, 0.15) is 56.9 Å². The molecule has 0 saturated carbocycles. The van der Waals surface area contributed by atoms with E-state index in [0.29, 0.717) is 22.4 Å². The molecule has 1 amide bonds. The minimum atomic E-state index is -0.261. The van der Waals surface area contributed by atoms with Gasteiger partial charge in [-0.05, 0) is 18.9 Å². The van der Waals surface area contributed by atoms with Gasteiger partial charge >= 0.3 is 0 Å². The highest BCUT2D eigenvalue weighted by molar-refractivity contribution is 7.99. The highest BCUT2D eigenvalue weighted by Crippen LogP contribution is 2.32. The summed E-state index contributed by atoms with van der Waals surface area (Å²) in [5.74, 6) is 0.391. The Bertz CT molecular complexity index is 1220. The molecule has 2 aliphatic rings. The van der Waals surface area contributed by atoms with E-state index in [4.69, 9.17) is 0 Å². The van der Waals surface area contributed by atoms with Crippen LogP contribution in [0.25, 0.3) is 0 Å². The van der Waals surface area contributed by atoms with Gasteiger partial charge in [-0.1, -0.05) is 54.6 Å². The number of hydrogen-bond acceptors (Lipinski definition) is 6. The number of benzene rings is 2. The molecular formula is C23H20N4O3S. The Balaban J connectivity index is 1.35. The third-order valence-electron chi connectivity index (χ3n) is 5.63. The lowest BCUT2D eigenvalue weighted by Gasteiger charge is -2.20. The molecule has 0 radical (unpaired) electrons. The molecule has 0 atom stereocenters. The predicted molar refractivity (Wildman–Crippen MR) is 117 cm³/mol. The van der Waals surface area contributed by atoms with Gasteiger partial charge < -0.3 is 9.88 Å². The fourth-order valence-corrected chi connectivity index (χ4v) is 4.91. The molecule has 156 valence electrons. The Morgan fingerprint density at radius 3 is 2.55 bits per heavy atom. The van der Waals surface area contributed by atoms with Gasteiger partial charge in [-0.25, -0.2) is 0 Å². The number of fused-ring (bicyclic) bond motifs is 3. The van der Waals surface area contributed by atoms with Gasteiger partial charge in [0.15, 0.2) is 16.7 Å². The zero-order valence-corrected chi connectivity index (χ0v) is 17.6. The predicted octanol–water partition coefficient (Wildman–Crippen LogP) is 3.51. The number of anilines is 1. The van der Waals surface area contributed by atoms with E-state index in [9.17, 15) is 14.4 Å². The summed E-state index contributed by atoms with van der Waals surface area (Å²) in [6.07, 6.45) is 4.27. The molecule has 1 aromatic heterocycles. The highest BCUT2D eigenvalue weighted by atomic mass is 32.2. The van der Waals surface area contributed by atoms with Crippen molar-refractivity contribution in [3.05, 3.63) is 70.5 Å². The van der Waals surface area contributed by atoms with Crippen LogP contribution < -0.4 is 5.32 Å². The van der Waals surface area contributed by atoms with E-state index in [0.717, 1.165) is 36.8 Å². The van der Waals surface area contributed by atoms with Gasteiger partial charge in [0.05, 0.1) is 17.0 Å². The Hall–Kier alpha value is -3.26. The van der Waals surface area contributed by atoms with Gasteiger partial charge in [-0.3, -0.25) is 14.4 Å². The molecule has 7 nitrogen and oxygen atoms in total. The lowest BCUT2D eigenvalue weighted by atomic mass is 9.83. The standard InChI is InChI=1S/C23H20N4O3S/c28-19(13-31-23-26-25-18-11-2-1-5-12-27(18)23)24-17-10-6-9-16-20(17)22(30)15-8-4-3-7-14(15)21(16)29/h3-4,6-10H,1-2,5,11-13H2,(H,24,28). The van der Waals surface area contributed by atoms with E-state index < -0.39 is 0 Å². The molecule has 0 unspecified atom stereocenters.